The molecule has 2 amide bonds. The lowest BCUT2D eigenvalue weighted by atomic mass is 10.0. The van der Waals surface area contributed by atoms with Gasteiger partial charge in [-0.2, -0.15) is 0 Å². The van der Waals surface area contributed by atoms with E-state index in [0.29, 0.717) is 19.6 Å². The SMILES string of the molecule is CCCNC(=O)CN1CCN(C(=O)[C@H](N)C(C)C)CC1. The second-order valence-corrected chi connectivity index (χ2v) is 5.72. The summed E-state index contributed by atoms with van der Waals surface area (Å²) >= 11 is 0. The molecule has 116 valence electrons. The van der Waals surface area contributed by atoms with Crippen molar-refractivity contribution in [3.05, 3.63) is 0 Å². The molecule has 0 saturated carbocycles. The van der Waals surface area contributed by atoms with Gasteiger partial charge in [-0.05, 0) is 12.3 Å². The molecule has 1 aliphatic rings. The molecule has 0 bridgehead atoms. The Morgan fingerprint density at radius 3 is 2.30 bits per heavy atom. The predicted octanol–water partition coefficient (Wildman–Crippen LogP) is -0.360. The smallest absolute Gasteiger partial charge is 0.239 e. The van der Waals surface area contributed by atoms with Gasteiger partial charge in [0, 0.05) is 32.7 Å². The summed E-state index contributed by atoms with van der Waals surface area (Å²) in [4.78, 5) is 27.6. The largest absolute Gasteiger partial charge is 0.355 e. The summed E-state index contributed by atoms with van der Waals surface area (Å²) in [5, 5.41) is 2.87. The molecule has 1 atom stereocenters. The first-order valence-corrected chi connectivity index (χ1v) is 7.49. The fourth-order valence-corrected chi connectivity index (χ4v) is 2.15. The first-order valence-electron chi connectivity index (χ1n) is 7.49. The third kappa shape index (κ3) is 5.09. The molecule has 1 heterocycles. The van der Waals surface area contributed by atoms with Crippen LogP contribution in [0.15, 0.2) is 0 Å². The van der Waals surface area contributed by atoms with E-state index < -0.39 is 6.04 Å². The minimum atomic E-state index is -0.422. The first-order chi connectivity index (χ1) is 9.45. The summed E-state index contributed by atoms with van der Waals surface area (Å²) in [6.07, 6.45) is 0.946. The monoisotopic (exact) mass is 284 g/mol. The second-order valence-electron chi connectivity index (χ2n) is 5.72. The van der Waals surface area contributed by atoms with Crippen molar-refractivity contribution in [1.29, 1.82) is 0 Å². The molecule has 1 aliphatic heterocycles. The lowest BCUT2D eigenvalue weighted by Gasteiger charge is -2.36. The van der Waals surface area contributed by atoms with Crippen molar-refractivity contribution < 1.29 is 9.59 Å². The molecule has 1 saturated heterocycles. The molecule has 0 aromatic carbocycles. The average molecular weight is 284 g/mol. The van der Waals surface area contributed by atoms with E-state index in [0.717, 1.165) is 26.1 Å². The molecular weight excluding hydrogens is 256 g/mol. The lowest BCUT2D eigenvalue weighted by Crippen LogP contribution is -2.55. The Kier molecular flexibility index (Phi) is 6.95. The molecule has 20 heavy (non-hydrogen) atoms. The summed E-state index contributed by atoms with van der Waals surface area (Å²) in [6.45, 7) is 9.85. The van der Waals surface area contributed by atoms with E-state index in [9.17, 15) is 9.59 Å². The van der Waals surface area contributed by atoms with Gasteiger partial charge in [-0.25, -0.2) is 0 Å². The molecule has 1 fully saturated rings. The fourth-order valence-electron chi connectivity index (χ4n) is 2.15. The van der Waals surface area contributed by atoms with E-state index in [-0.39, 0.29) is 17.7 Å². The van der Waals surface area contributed by atoms with Crippen molar-refractivity contribution in [3.8, 4) is 0 Å². The Balaban J connectivity index is 2.33. The zero-order chi connectivity index (χ0) is 15.1. The van der Waals surface area contributed by atoms with E-state index in [1.807, 2.05) is 25.7 Å². The van der Waals surface area contributed by atoms with Gasteiger partial charge in [0.2, 0.25) is 11.8 Å². The van der Waals surface area contributed by atoms with E-state index in [1.165, 1.54) is 0 Å². The van der Waals surface area contributed by atoms with Gasteiger partial charge in [0.15, 0.2) is 0 Å². The molecule has 3 N–H and O–H groups in total. The maximum absolute atomic E-state index is 12.1. The van der Waals surface area contributed by atoms with Crippen molar-refractivity contribution in [2.45, 2.75) is 33.2 Å². The predicted molar refractivity (Wildman–Crippen MR) is 79.1 cm³/mol. The van der Waals surface area contributed by atoms with Gasteiger partial charge in [-0.1, -0.05) is 20.8 Å². The molecule has 0 aromatic rings. The Morgan fingerprint density at radius 2 is 1.80 bits per heavy atom. The molecule has 0 unspecified atom stereocenters. The maximum Gasteiger partial charge on any atom is 0.239 e. The van der Waals surface area contributed by atoms with Crippen LogP contribution in [0.3, 0.4) is 0 Å². The number of amides is 2. The van der Waals surface area contributed by atoms with Crippen LogP contribution in [-0.4, -0.2) is 66.9 Å². The highest BCUT2D eigenvalue weighted by molar-refractivity contribution is 5.82. The number of carbonyl (C=O) groups is 2. The molecule has 6 heteroatoms. The number of nitrogens with two attached hydrogens (primary N) is 1. The van der Waals surface area contributed by atoms with E-state index >= 15 is 0 Å². The number of rotatable bonds is 6. The van der Waals surface area contributed by atoms with Crippen LogP contribution in [0.5, 0.6) is 0 Å². The molecule has 0 spiro atoms. The van der Waals surface area contributed by atoms with Gasteiger partial charge in [0.25, 0.3) is 0 Å². The van der Waals surface area contributed by atoms with Crippen molar-refractivity contribution in [1.82, 2.24) is 15.1 Å². The lowest BCUT2D eigenvalue weighted by molar-refractivity contribution is -0.135. The van der Waals surface area contributed by atoms with Crippen molar-refractivity contribution >= 4 is 11.8 Å². The Bertz CT molecular complexity index is 325. The summed E-state index contributed by atoms with van der Waals surface area (Å²) < 4.78 is 0. The average Bonchev–Trinajstić information content (AvgIpc) is 2.44. The number of hydrogen-bond donors (Lipinski definition) is 2. The minimum Gasteiger partial charge on any atom is -0.355 e. The van der Waals surface area contributed by atoms with E-state index in [1.54, 1.807) is 0 Å². The van der Waals surface area contributed by atoms with Crippen LogP contribution in [-0.2, 0) is 9.59 Å². The Morgan fingerprint density at radius 1 is 1.20 bits per heavy atom. The minimum absolute atomic E-state index is 0.0232. The van der Waals surface area contributed by atoms with Crippen LogP contribution in [0.1, 0.15) is 27.2 Å². The third-order valence-corrected chi connectivity index (χ3v) is 3.63. The standard InChI is InChI=1S/C14H28N4O2/c1-4-5-16-12(19)10-17-6-8-18(9-7-17)14(20)13(15)11(2)3/h11,13H,4-10,15H2,1-3H3,(H,16,19)/t13-/m1/s1. The summed E-state index contributed by atoms with van der Waals surface area (Å²) in [5.41, 5.74) is 5.89. The first kappa shape index (κ1) is 16.9. The summed E-state index contributed by atoms with van der Waals surface area (Å²) in [6, 6.07) is -0.422. The van der Waals surface area contributed by atoms with Gasteiger partial charge < -0.3 is 16.0 Å². The molecule has 0 aromatic heterocycles. The number of nitrogens with zero attached hydrogens (tertiary/aromatic N) is 2. The zero-order valence-corrected chi connectivity index (χ0v) is 12.9. The van der Waals surface area contributed by atoms with Crippen LogP contribution in [0.4, 0.5) is 0 Å². The van der Waals surface area contributed by atoms with Crippen LogP contribution < -0.4 is 11.1 Å². The van der Waals surface area contributed by atoms with Crippen LogP contribution >= 0.6 is 0 Å². The molecular formula is C14H28N4O2. The topological polar surface area (TPSA) is 78.7 Å². The van der Waals surface area contributed by atoms with Gasteiger partial charge in [0.05, 0.1) is 12.6 Å². The van der Waals surface area contributed by atoms with Crippen LogP contribution in [0.2, 0.25) is 0 Å². The van der Waals surface area contributed by atoms with Crippen molar-refractivity contribution in [3.63, 3.8) is 0 Å². The maximum atomic E-state index is 12.1. The Hall–Kier alpha value is -1.14. The van der Waals surface area contributed by atoms with E-state index in [4.69, 9.17) is 5.73 Å². The highest BCUT2D eigenvalue weighted by atomic mass is 16.2. The fraction of sp³-hybridized carbons (Fsp3) is 0.857. The molecule has 6 nitrogen and oxygen atoms in total. The quantitative estimate of drug-likeness (QED) is 0.698. The number of piperazine rings is 1. The van der Waals surface area contributed by atoms with Gasteiger partial charge in [-0.15, -0.1) is 0 Å². The third-order valence-electron chi connectivity index (χ3n) is 3.63. The number of nitrogens with one attached hydrogen (secondary N) is 1. The number of carbonyl (C=O) groups excluding carboxylic acids is 2. The number of hydrogen-bond acceptors (Lipinski definition) is 4. The van der Waals surface area contributed by atoms with Crippen LogP contribution in [0.25, 0.3) is 0 Å². The van der Waals surface area contributed by atoms with Crippen molar-refractivity contribution in [2.75, 3.05) is 39.3 Å². The highest BCUT2D eigenvalue weighted by Crippen LogP contribution is 2.07. The zero-order valence-electron chi connectivity index (χ0n) is 12.9. The summed E-state index contributed by atoms with van der Waals surface area (Å²) in [5.74, 6) is 0.237. The highest BCUT2D eigenvalue weighted by Gasteiger charge is 2.27. The van der Waals surface area contributed by atoms with Gasteiger partial charge in [-0.3, -0.25) is 14.5 Å². The van der Waals surface area contributed by atoms with Gasteiger partial charge >= 0.3 is 0 Å². The molecule has 1 rings (SSSR count). The van der Waals surface area contributed by atoms with Crippen molar-refractivity contribution in [2.24, 2.45) is 11.7 Å². The summed E-state index contributed by atoms with van der Waals surface area (Å²) in [7, 11) is 0. The van der Waals surface area contributed by atoms with E-state index in [2.05, 4.69) is 10.2 Å². The van der Waals surface area contributed by atoms with Crippen LogP contribution in [0, 0.1) is 5.92 Å². The second kappa shape index (κ2) is 8.21. The molecule has 0 radical (unpaired) electrons. The van der Waals surface area contributed by atoms with Gasteiger partial charge in [0.1, 0.15) is 0 Å². The normalized spacial score (nSPS) is 18.1. The Labute approximate surface area is 121 Å². The molecule has 0 aliphatic carbocycles.